The maximum absolute atomic E-state index is 13.6. The van der Waals surface area contributed by atoms with Crippen molar-refractivity contribution in [2.45, 2.75) is 17.9 Å². The number of sulfonamides is 1. The predicted molar refractivity (Wildman–Crippen MR) is 116 cm³/mol. The smallest absolute Gasteiger partial charge is 0.264 e. The van der Waals surface area contributed by atoms with Gasteiger partial charge in [-0.3, -0.25) is 4.31 Å². The minimum absolute atomic E-state index is 0.160. The van der Waals surface area contributed by atoms with E-state index in [0.29, 0.717) is 22.2 Å². The van der Waals surface area contributed by atoms with Crippen molar-refractivity contribution in [1.82, 2.24) is 0 Å². The number of hydrogen-bond donors (Lipinski definition) is 0. The first-order valence-corrected chi connectivity index (χ1v) is 10.8. The van der Waals surface area contributed by atoms with Gasteiger partial charge in [0.1, 0.15) is 11.5 Å². The number of halogens is 1. The van der Waals surface area contributed by atoms with Gasteiger partial charge in [-0.15, -0.1) is 0 Å². The fourth-order valence-corrected chi connectivity index (χ4v) is 4.90. The molecule has 0 saturated carbocycles. The molecule has 1 atom stereocenters. The number of rotatable bonds is 7. The summed E-state index contributed by atoms with van der Waals surface area (Å²) in [5, 5.41) is 0.454. The molecule has 0 fully saturated rings. The Morgan fingerprint density at radius 1 is 0.862 bits per heavy atom. The summed E-state index contributed by atoms with van der Waals surface area (Å²) >= 11 is 6.16. The number of hydrogen-bond acceptors (Lipinski definition) is 4. The van der Waals surface area contributed by atoms with Gasteiger partial charge in [-0.25, -0.2) is 8.42 Å². The standard InChI is InChI=1S/C22H22ClNO4S/c1-16(17-6-4-9-21(14-17)28-3)24(19-8-5-7-18(23)15-19)29(25,26)22-12-10-20(27-2)11-13-22/h4-16H,1-3H3/t16-/m1/s1. The van der Waals surface area contributed by atoms with E-state index in [4.69, 9.17) is 21.1 Å². The number of ether oxygens (including phenoxy) is 2. The summed E-state index contributed by atoms with van der Waals surface area (Å²) in [6, 6.07) is 20.0. The molecule has 3 aromatic rings. The van der Waals surface area contributed by atoms with Crippen LogP contribution in [0.25, 0.3) is 0 Å². The van der Waals surface area contributed by atoms with E-state index in [2.05, 4.69) is 0 Å². The molecule has 0 radical (unpaired) electrons. The van der Waals surface area contributed by atoms with Crippen LogP contribution in [0.2, 0.25) is 5.02 Å². The lowest BCUT2D eigenvalue weighted by Gasteiger charge is -2.31. The second kappa shape index (κ2) is 8.76. The van der Waals surface area contributed by atoms with E-state index in [9.17, 15) is 8.42 Å². The van der Waals surface area contributed by atoms with E-state index in [1.165, 1.54) is 23.5 Å². The first-order chi connectivity index (χ1) is 13.9. The van der Waals surface area contributed by atoms with Gasteiger partial charge in [0.05, 0.1) is 30.8 Å². The Labute approximate surface area is 176 Å². The normalized spacial score (nSPS) is 12.3. The molecule has 5 nitrogen and oxygen atoms in total. The Hall–Kier alpha value is -2.70. The van der Waals surface area contributed by atoms with Crippen molar-refractivity contribution >= 4 is 27.3 Å². The van der Waals surface area contributed by atoms with Gasteiger partial charge >= 0.3 is 0 Å². The molecule has 0 aliphatic rings. The van der Waals surface area contributed by atoms with Crippen LogP contribution in [0.5, 0.6) is 11.5 Å². The summed E-state index contributed by atoms with van der Waals surface area (Å²) in [6.45, 7) is 1.83. The number of benzene rings is 3. The van der Waals surface area contributed by atoms with Gasteiger partial charge in [0, 0.05) is 5.02 Å². The highest BCUT2D eigenvalue weighted by Gasteiger charge is 2.31. The van der Waals surface area contributed by atoms with Crippen LogP contribution in [0.4, 0.5) is 5.69 Å². The lowest BCUT2D eigenvalue weighted by molar-refractivity contribution is 0.414. The molecule has 0 saturated heterocycles. The third-order valence-corrected chi connectivity index (χ3v) is 6.75. The molecular formula is C22H22ClNO4S. The third kappa shape index (κ3) is 4.49. The summed E-state index contributed by atoms with van der Waals surface area (Å²) in [7, 11) is -0.774. The Balaban J connectivity index is 2.14. The summed E-state index contributed by atoms with van der Waals surface area (Å²) in [5.74, 6) is 1.24. The summed E-state index contributed by atoms with van der Waals surface area (Å²) in [5.41, 5.74) is 1.27. The molecule has 0 N–H and O–H groups in total. The zero-order valence-electron chi connectivity index (χ0n) is 16.4. The molecule has 29 heavy (non-hydrogen) atoms. The van der Waals surface area contributed by atoms with Crippen molar-refractivity contribution in [2.75, 3.05) is 18.5 Å². The number of anilines is 1. The molecule has 7 heteroatoms. The van der Waals surface area contributed by atoms with Gasteiger partial charge in [0.2, 0.25) is 0 Å². The van der Waals surface area contributed by atoms with Crippen LogP contribution in [0, 0.1) is 0 Å². The monoisotopic (exact) mass is 431 g/mol. The molecule has 0 spiro atoms. The molecule has 0 unspecified atom stereocenters. The molecule has 0 aliphatic carbocycles. The highest BCUT2D eigenvalue weighted by molar-refractivity contribution is 7.92. The van der Waals surface area contributed by atoms with Crippen molar-refractivity contribution in [3.8, 4) is 11.5 Å². The van der Waals surface area contributed by atoms with E-state index < -0.39 is 16.1 Å². The average molecular weight is 432 g/mol. The van der Waals surface area contributed by atoms with E-state index >= 15 is 0 Å². The van der Waals surface area contributed by atoms with Crippen LogP contribution in [0.15, 0.2) is 77.7 Å². The summed E-state index contributed by atoms with van der Waals surface area (Å²) in [4.78, 5) is 0.160. The molecule has 0 bridgehead atoms. The second-order valence-corrected chi connectivity index (χ2v) is 8.66. The largest absolute Gasteiger partial charge is 0.497 e. The molecule has 0 amide bonds. The maximum Gasteiger partial charge on any atom is 0.264 e. The van der Waals surface area contributed by atoms with Crippen LogP contribution in [-0.4, -0.2) is 22.6 Å². The van der Waals surface area contributed by atoms with Gasteiger partial charge in [0.25, 0.3) is 10.0 Å². The zero-order valence-corrected chi connectivity index (χ0v) is 17.9. The summed E-state index contributed by atoms with van der Waals surface area (Å²) in [6.07, 6.45) is 0. The van der Waals surface area contributed by atoms with Crippen LogP contribution < -0.4 is 13.8 Å². The Bertz CT molecular complexity index is 1080. The zero-order chi connectivity index (χ0) is 21.0. The first kappa shape index (κ1) is 21.0. The van der Waals surface area contributed by atoms with E-state index in [1.807, 2.05) is 31.2 Å². The molecule has 152 valence electrons. The number of methoxy groups -OCH3 is 2. The molecule has 0 aliphatic heterocycles. The first-order valence-electron chi connectivity index (χ1n) is 8.95. The van der Waals surface area contributed by atoms with Crippen molar-refractivity contribution in [3.63, 3.8) is 0 Å². The maximum atomic E-state index is 13.6. The molecule has 3 aromatic carbocycles. The van der Waals surface area contributed by atoms with E-state index in [1.54, 1.807) is 43.5 Å². The van der Waals surface area contributed by atoms with Gasteiger partial charge < -0.3 is 9.47 Å². The minimum Gasteiger partial charge on any atom is -0.497 e. The van der Waals surface area contributed by atoms with Crippen molar-refractivity contribution in [1.29, 1.82) is 0 Å². The highest BCUT2D eigenvalue weighted by Crippen LogP contribution is 2.35. The van der Waals surface area contributed by atoms with Crippen molar-refractivity contribution < 1.29 is 17.9 Å². The molecule has 0 aromatic heterocycles. The van der Waals surface area contributed by atoms with Gasteiger partial charge in [-0.2, -0.15) is 0 Å². The SMILES string of the molecule is COc1ccc(S(=O)(=O)N(c2cccc(Cl)c2)[C@H](C)c2cccc(OC)c2)cc1. The van der Waals surface area contributed by atoms with E-state index in [-0.39, 0.29) is 4.90 Å². The average Bonchev–Trinajstić information content (AvgIpc) is 2.73. The lowest BCUT2D eigenvalue weighted by Crippen LogP contribution is -2.33. The van der Waals surface area contributed by atoms with Crippen molar-refractivity contribution in [2.24, 2.45) is 0 Å². The molecular weight excluding hydrogens is 410 g/mol. The molecule has 0 heterocycles. The predicted octanol–water partition coefficient (Wildman–Crippen LogP) is 5.31. The van der Waals surface area contributed by atoms with E-state index in [0.717, 1.165) is 5.56 Å². The Morgan fingerprint density at radius 2 is 1.52 bits per heavy atom. The quantitative estimate of drug-likeness (QED) is 0.508. The second-order valence-electron chi connectivity index (χ2n) is 6.41. The minimum atomic E-state index is -3.88. The van der Waals surface area contributed by atoms with Gasteiger partial charge in [-0.1, -0.05) is 29.8 Å². The van der Waals surface area contributed by atoms with Crippen LogP contribution in [0.3, 0.4) is 0 Å². The fraction of sp³-hybridized carbons (Fsp3) is 0.182. The highest BCUT2D eigenvalue weighted by atomic mass is 35.5. The van der Waals surface area contributed by atoms with Crippen molar-refractivity contribution in [3.05, 3.63) is 83.4 Å². The summed E-state index contributed by atoms with van der Waals surface area (Å²) < 4.78 is 39.1. The van der Waals surface area contributed by atoms with Crippen LogP contribution in [0.1, 0.15) is 18.5 Å². The molecule has 3 rings (SSSR count). The van der Waals surface area contributed by atoms with Gasteiger partial charge in [-0.05, 0) is 67.1 Å². The number of nitrogens with zero attached hydrogens (tertiary/aromatic N) is 1. The van der Waals surface area contributed by atoms with Crippen LogP contribution in [-0.2, 0) is 10.0 Å². The van der Waals surface area contributed by atoms with Crippen LogP contribution >= 0.6 is 11.6 Å². The fourth-order valence-electron chi connectivity index (χ4n) is 3.08. The van der Waals surface area contributed by atoms with Gasteiger partial charge in [0.15, 0.2) is 0 Å². The third-order valence-electron chi connectivity index (χ3n) is 4.61. The lowest BCUT2D eigenvalue weighted by atomic mass is 10.1. The Kier molecular flexibility index (Phi) is 6.35. The topological polar surface area (TPSA) is 55.8 Å². The Morgan fingerprint density at radius 3 is 2.14 bits per heavy atom.